The van der Waals surface area contributed by atoms with E-state index < -0.39 is 6.61 Å². The van der Waals surface area contributed by atoms with E-state index in [0.29, 0.717) is 5.56 Å². The molecule has 0 aliphatic heterocycles. The van der Waals surface area contributed by atoms with Gasteiger partial charge in [-0.15, -0.1) is 0 Å². The van der Waals surface area contributed by atoms with Crippen LogP contribution in [0.4, 0.5) is 14.5 Å². The summed E-state index contributed by atoms with van der Waals surface area (Å²) in [7, 11) is 0. The Morgan fingerprint density at radius 1 is 1.19 bits per heavy atom. The van der Waals surface area contributed by atoms with Crippen molar-refractivity contribution in [1.82, 2.24) is 0 Å². The summed E-state index contributed by atoms with van der Waals surface area (Å²) in [5, 5.41) is 6.38. The van der Waals surface area contributed by atoms with Crippen molar-refractivity contribution < 1.29 is 23.1 Å². The molecule has 0 heterocycles. The number of hydrogen-bond donors (Lipinski definition) is 1. The summed E-state index contributed by atoms with van der Waals surface area (Å²) < 4.78 is 29.0. The number of hydrogen-bond acceptors (Lipinski definition) is 4. The number of nitrogens with one attached hydrogen (secondary N) is 1. The van der Waals surface area contributed by atoms with Crippen molar-refractivity contribution in [2.45, 2.75) is 25.9 Å². The number of fused-ring (bicyclic) bond motifs is 1. The molecule has 0 saturated heterocycles. The third kappa shape index (κ3) is 4.78. The summed E-state index contributed by atoms with van der Waals surface area (Å²) >= 11 is 0. The van der Waals surface area contributed by atoms with Crippen molar-refractivity contribution in [3.05, 3.63) is 59.2 Å². The molecule has 0 saturated carbocycles. The molecular weight excluding hydrogens is 342 g/mol. The number of halogens is 2. The molecule has 0 bridgehead atoms. The Morgan fingerprint density at radius 3 is 2.85 bits per heavy atom. The van der Waals surface area contributed by atoms with Gasteiger partial charge >= 0.3 is 6.61 Å². The number of ether oxygens (including phenoxy) is 1. The number of alkyl halides is 2. The van der Waals surface area contributed by atoms with Gasteiger partial charge in [0.2, 0.25) is 0 Å². The normalized spacial score (nSPS) is 13.0. The molecule has 136 valence electrons. The SMILES string of the molecule is O=C(CO/N=C/c1ccccc1OC(F)F)Nc1ccc2c(c1)CCC2. The van der Waals surface area contributed by atoms with Crippen LogP contribution in [0, 0.1) is 0 Å². The first kappa shape index (κ1) is 17.8. The monoisotopic (exact) mass is 360 g/mol. The van der Waals surface area contributed by atoms with Gasteiger partial charge in [0, 0.05) is 11.3 Å². The van der Waals surface area contributed by atoms with Crippen molar-refractivity contribution in [3.63, 3.8) is 0 Å². The first-order chi connectivity index (χ1) is 12.6. The highest BCUT2D eigenvalue weighted by Gasteiger charge is 2.12. The molecule has 3 rings (SSSR count). The van der Waals surface area contributed by atoms with Crippen LogP contribution in [0.15, 0.2) is 47.6 Å². The van der Waals surface area contributed by atoms with E-state index in [2.05, 4.69) is 15.2 Å². The average molecular weight is 360 g/mol. The number of carbonyl (C=O) groups is 1. The summed E-state index contributed by atoms with van der Waals surface area (Å²) in [6, 6.07) is 12.0. The van der Waals surface area contributed by atoms with E-state index in [-0.39, 0.29) is 18.3 Å². The zero-order valence-corrected chi connectivity index (χ0v) is 14.0. The van der Waals surface area contributed by atoms with Crippen molar-refractivity contribution in [2.75, 3.05) is 11.9 Å². The number of benzene rings is 2. The summed E-state index contributed by atoms with van der Waals surface area (Å²) in [4.78, 5) is 16.8. The molecule has 1 aliphatic carbocycles. The fourth-order valence-corrected chi connectivity index (χ4v) is 2.83. The Labute approximate surface area is 149 Å². The minimum atomic E-state index is -2.93. The lowest BCUT2D eigenvalue weighted by atomic mass is 10.1. The smallest absolute Gasteiger partial charge is 0.387 e. The maximum Gasteiger partial charge on any atom is 0.387 e. The van der Waals surface area contributed by atoms with Gasteiger partial charge in [0.05, 0.1) is 6.21 Å². The van der Waals surface area contributed by atoms with Crippen LogP contribution in [0.5, 0.6) is 5.75 Å². The van der Waals surface area contributed by atoms with Crippen LogP contribution < -0.4 is 10.1 Å². The molecule has 0 atom stereocenters. The predicted octanol–water partition coefficient (Wildman–Crippen LogP) is 3.77. The number of carbonyl (C=O) groups excluding carboxylic acids is 1. The first-order valence-corrected chi connectivity index (χ1v) is 8.22. The van der Waals surface area contributed by atoms with Crippen LogP contribution in [0.3, 0.4) is 0 Å². The van der Waals surface area contributed by atoms with Gasteiger partial charge in [-0.3, -0.25) is 4.79 Å². The Kier molecular flexibility index (Phi) is 5.78. The highest BCUT2D eigenvalue weighted by molar-refractivity contribution is 5.92. The molecule has 7 heteroatoms. The highest BCUT2D eigenvalue weighted by atomic mass is 19.3. The van der Waals surface area contributed by atoms with Gasteiger partial charge in [-0.25, -0.2) is 0 Å². The molecule has 1 N–H and O–H groups in total. The number of rotatable bonds is 7. The molecule has 2 aromatic rings. The van der Waals surface area contributed by atoms with E-state index in [4.69, 9.17) is 4.84 Å². The predicted molar refractivity (Wildman–Crippen MR) is 93.7 cm³/mol. The molecule has 0 aromatic heterocycles. The zero-order valence-electron chi connectivity index (χ0n) is 14.0. The van der Waals surface area contributed by atoms with Crippen LogP contribution >= 0.6 is 0 Å². The van der Waals surface area contributed by atoms with Crippen LogP contribution in [-0.4, -0.2) is 25.3 Å². The third-order valence-electron chi connectivity index (χ3n) is 3.98. The lowest BCUT2D eigenvalue weighted by Crippen LogP contribution is -2.17. The second kappa shape index (κ2) is 8.42. The molecule has 1 amide bonds. The summed E-state index contributed by atoms with van der Waals surface area (Å²) in [5.74, 6) is -0.366. The Morgan fingerprint density at radius 2 is 2.00 bits per heavy atom. The second-order valence-corrected chi connectivity index (χ2v) is 5.81. The standard InChI is InChI=1S/C19H18F2N2O3/c20-19(21)26-17-7-2-1-4-15(17)11-22-25-12-18(24)23-16-9-8-13-5-3-6-14(13)10-16/h1-2,4,7-11,19H,3,5-6,12H2,(H,23,24)/b22-11+. The Hall–Kier alpha value is -2.96. The number of nitrogens with zero attached hydrogens (tertiary/aromatic N) is 1. The number of oxime groups is 1. The number of para-hydroxylation sites is 1. The van der Waals surface area contributed by atoms with Gasteiger partial charge in [-0.1, -0.05) is 23.4 Å². The van der Waals surface area contributed by atoms with Crippen LogP contribution in [-0.2, 0) is 22.5 Å². The van der Waals surface area contributed by atoms with Crippen molar-refractivity contribution in [2.24, 2.45) is 5.16 Å². The van der Waals surface area contributed by atoms with Crippen LogP contribution in [0.2, 0.25) is 0 Å². The van der Waals surface area contributed by atoms with Gasteiger partial charge in [0.1, 0.15) is 5.75 Å². The average Bonchev–Trinajstić information content (AvgIpc) is 3.07. The second-order valence-electron chi connectivity index (χ2n) is 5.81. The fraction of sp³-hybridized carbons (Fsp3) is 0.263. The Balaban J connectivity index is 1.50. The molecule has 0 unspecified atom stereocenters. The molecular formula is C19H18F2N2O3. The van der Waals surface area contributed by atoms with Gasteiger partial charge in [-0.05, 0) is 54.7 Å². The molecule has 0 spiro atoms. The largest absolute Gasteiger partial charge is 0.434 e. The molecule has 26 heavy (non-hydrogen) atoms. The van der Waals surface area contributed by atoms with E-state index in [0.717, 1.165) is 24.9 Å². The number of aryl methyl sites for hydroxylation is 2. The molecule has 0 fully saturated rings. The van der Waals surface area contributed by atoms with Crippen molar-refractivity contribution in [1.29, 1.82) is 0 Å². The van der Waals surface area contributed by atoms with Crippen LogP contribution in [0.1, 0.15) is 23.1 Å². The minimum absolute atomic E-state index is 0.0163. The summed E-state index contributed by atoms with van der Waals surface area (Å²) in [6.45, 7) is -3.21. The number of amides is 1. The maximum atomic E-state index is 12.3. The quantitative estimate of drug-likeness (QED) is 0.604. The first-order valence-electron chi connectivity index (χ1n) is 8.22. The minimum Gasteiger partial charge on any atom is -0.434 e. The lowest BCUT2D eigenvalue weighted by molar-refractivity contribution is -0.120. The topological polar surface area (TPSA) is 59.9 Å². The van der Waals surface area contributed by atoms with Crippen LogP contribution in [0.25, 0.3) is 0 Å². The molecule has 1 aliphatic rings. The van der Waals surface area contributed by atoms with Crippen molar-refractivity contribution in [3.8, 4) is 5.75 Å². The van der Waals surface area contributed by atoms with E-state index in [1.807, 2.05) is 18.2 Å². The molecule has 2 aromatic carbocycles. The van der Waals surface area contributed by atoms with Gasteiger partial charge in [-0.2, -0.15) is 8.78 Å². The molecule has 0 radical (unpaired) electrons. The van der Waals surface area contributed by atoms with Gasteiger partial charge < -0.3 is 14.9 Å². The van der Waals surface area contributed by atoms with Gasteiger partial charge in [0.15, 0.2) is 6.61 Å². The highest BCUT2D eigenvalue weighted by Crippen LogP contribution is 2.24. The summed E-state index contributed by atoms with van der Waals surface area (Å²) in [6.07, 6.45) is 4.47. The summed E-state index contributed by atoms with van der Waals surface area (Å²) in [5.41, 5.74) is 3.64. The fourth-order valence-electron chi connectivity index (χ4n) is 2.83. The van der Waals surface area contributed by atoms with E-state index in [1.54, 1.807) is 18.2 Å². The van der Waals surface area contributed by atoms with E-state index >= 15 is 0 Å². The van der Waals surface area contributed by atoms with E-state index in [1.165, 1.54) is 23.4 Å². The lowest BCUT2D eigenvalue weighted by Gasteiger charge is -2.07. The molecule has 5 nitrogen and oxygen atoms in total. The van der Waals surface area contributed by atoms with E-state index in [9.17, 15) is 13.6 Å². The maximum absolute atomic E-state index is 12.3. The zero-order chi connectivity index (χ0) is 18.4. The number of anilines is 1. The Bertz CT molecular complexity index is 809. The van der Waals surface area contributed by atoms with Gasteiger partial charge in [0.25, 0.3) is 5.91 Å². The third-order valence-corrected chi connectivity index (χ3v) is 3.98. The van der Waals surface area contributed by atoms with Crippen molar-refractivity contribution >= 4 is 17.8 Å².